The van der Waals surface area contributed by atoms with Gasteiger partial charge in [-0.05, 0) is 12.8 Å². The zero-order chi connectivity index (χ0) is 14.1. The number of nitrogens with zero attached hydrogens (tertiary/aromatic N) is 5. The lowest BCUT2D eigenvalue weighted by Gasteiger charge is -2.36. The Bertz CT molecular complexity index is 479. The zero-order valence-corrected chi connectivity index (χ0v) is 12.4. The predicted molar refractivity (Wildman–Crippen MR) is 81.9 cm³/mol. The van der Waals surface area contributed by atoms with Crippen molar-refractivity contribution in [3.05, 3.63) is 12.4 Å². The summed E-state index contributed by atoms with van der Waals surface area (Å²) in [6, 6.07) is 3.01. The van der Waals surface area contributed by atoms with Gasteiger partial charge in [0.25, 0.3) is 0 Å². The maximum atomic E-state index is 5.41. The molecule has 21 heavy (non-hydrogen) atoms. The van der Waals surface area contributed by atoms with Crippen molar-refractivity contribution in [2.24, 2.45) is 0 Å². The van der Waals surface area contributed by atoms with E-state index in [0.29, 0.717) is 0 Å². The van der Waals surface area contributed by atoms with Crippen molar-refractivity contribution in [1.29, 1.82) is 0 Å². The van der Waals surface area contributed by atoms with Crippen LogP contribution in [0.4, 0.5) is 11.6 Å². The second-order valence-corrected chi connectivity index (χ2v) is 6.09. The molecule has 2 aliphatic heterocycles. The summed E-state index contributed by atoms with van der Waals surface area (Å²) in [5.74, 6) is 2.11. The lowest BCUT2D eigenvalue weighted by atomic mass is 10.3. The summed E-state index contributed by atoms with van der Waals surface area (Å²) in [6.45, 7) is 7.92. The molecular formula is C15H23N5O. The number of ether oxygens (including phenoxy) is 1. The van der Waals surface area contributed by atoms with E-state index < -0.39 is 0 Å². The monoisotopic (exact) mass is 289 g/mol. The number of anilines is 2. The molecule has 0 radical (unpaired) electrons. The summed E-state index contributed by atoms with van der Waals surface area (Å²) < 4.78 is 5.41. The summed E-state index contributed by atoms with van der Waals surface area (Å²) >= 11 is 0. The first-order valence-corrected chi connectivity index (χ1v) is 8.04. The van der Waals surface area contributed by atoms with E-state index in [4.69, 9.17) is 4.74 Å². The van der Waals surface area contributed by atoms with E-state index in [-0.39, 0.29) is 0 Å². The standard InChI is InChI=1S/C15H23N5O/c1-2-13(1)18-3-5-19(6-4-18)14-11-15(17-12-16-14)20-7-9-21-10-8-20/h11-13H,1-10H2. The van der Waals surface area contributed by atoms with Gasteiger partial charge in [0.15, 0.2) is 0 Å². The third-order valence-corrected chi connectivity index (χ3v) is 4.67. The summed E-state index contributed by atoms with van der Waals surface area (Å²) in [6.07, 6.45) is 4.50. The van der Waals surface area contributed by atoms with E-state index in [0.717, 1.165) is 57.1 Å². The average Bonchev–Trinajstić information content (AvgIpc) is 3.41. The molecule has 0 bridgehead atoms. The second-order valence-electron chi connectivity index (χ2n) is 6.09. The van der Waals surface area contributed by atoms with Crippen molar-refractivity contribution in [2.45, 2.75) is 18.9 Å². The fourth-order valence-corrected chi connectivity index (χ4v) is 3.23. The van der Waals surface area contributed by atoms with Gasteiger partial charge in [0, 0.05) is 51.4 Å². The van der Waals surface area contributed by atoms with Crippen LogP contribution in [0.25, 0.3) is 0 Å². The van der Waals surface area contributed by atoms with Crippen molar-refractivity contribution in [2.75, 3.05) is 62.3 Å². The highest BCUT2D eigenvalue weighted by atomic mass is 16.5. The van der Waals surface area contributed by atoms with Crippen LogP contribution in [0.2, 0.25) is 0 Å². The molecular weight excluding hydrogens is 266 g/mol. The summed E-state index contributed by atoms with van der Waals surface area (Å²) in [5.41, 5.74) is 0. The van der Waals surface area contributed by atoms with Gasteiger partial charge in [0.1, 0.15) is 18.0 Å². The van der Waals surface area contributed by atoms with E-state index in [1.165, 1.54) is 25.9 Å². The molecule has 114 valence electrons. The van der Waals surface area contributed by atoms with Crippen LogP contribution in [-0.4, -0.2) is 73.4 Å². The van der Waals surface area contributed by atoms with Crippen molar-refractivity contribution in [3.8, 4) is 0 Å². The van der Waals surface area contributed by atoms with Crippen LogP contribution in [0.5, 0.6) is 0 Å². The number of hydrogen-bond acceptors (Lipinski definition) is 6. The molecule has 1 aromatic heterocycles. The predicted octanol–water partition coefficient (Wildman–Crippen LogP) is 0.598. The van der Waals surface area contributed by atoms with Crippen LogP contribution in [0.3, 0.4) is 0 Å². The molecule has 6 nitrogen and oxygen atoms in total. The SMILES string of the molecule is c1nc(N2CCOCC2)cc(N2CCN(C3CC3)CC2)n1. The highest BCUT2D eigenvalue weighted by Crippen LogP contribution is 2.28. The highest BCUT2D eigenvalue weighted by molar-refractivity contribution is 5.50. The van der Waals surface area contributed by atoms with Gasteiger partial charge in [-0.3, -0.25) is 4.90 Å². The smallest absolute Gasteiger partial charge is 0.134 e. The molecule has 0 spiro atoms. The molecule has 1 aliphatic carbocycles. The number of piperazine rings is 1. The van der Waals surface area contributed by atoms with E-state index in [2.05, 4.69) is 30.7 Å². The molecule has 3 aliphatic rings. The Balaban J connectivity index is 1.42. The Morgan fingerprint density at radius 2 is 1.48 bits per heavy atom. The maximum Gasteiger partial charge on any atom is 0.134 e. The van der Waals surface area contributed by atoms with Crippen LogP contribution < -0.4 is 9.80 Å². The Morgan fingerprint density at radius 3 is 2.10 bits per heavy atom. The molecule has 1 aromatic rings. The first-order chi connectivity index (χ1) is 10.4. The summed E-state index contributed by atoms with van der Waals surface area (Å²) in [7, 11) is 0. The first-order valence-electron chi connectivity index (χ1n) is 8.04. The fraction of sp³-hybridized carbons (Fsp3) is 0.733. The Labute approximate surface area is 125 Å². The lowest BCUT2D eigenvalue weighted by molar-refractivity contribution is 0.122. The highest BCUT2D eigenvalue weighted by Gasteiger charge is 2.31. The van der Waals surface area contributed by atoms with Gasteiger partial charge in [-0.15, -0.1) is 0 Å². The van der Waals surface area contributed by atoms with E-state index in [1.807, 2.05) is 0 Å². The molecule has 0 unspecified atom stereocenters. The Kier molecular flexibility index (Phi) is 3.65. The van der Waals surface area contributed by atoms with Gasteiger partial charge in [0.2, 0.25) is 0 Å². The largest absolute Gasteiger partial charge is 0.378 e. The van der Waals surface area contributed by atoms with Gasteiger partial charge in [-0.1, -0.05) is 0 Å². The van der Waals surface area contributed by atoms with Crippen LogP contribution in [-0.2, 0) is 4.74 Å². The van der Waals surface area contributed by atoms with Crippen LogP contribution in [0.1, 0.15) is 12.8 Å². The van der Waals surface area contributed by atoms with E-state index in [1.54, 1.807) is 6.33 Å². The van der Waals surface area contributed by atoms with Crippen molar-refractivity contribution in [3.63, 3.8) is 0 Å². The second kappa shape index (κ2) is 5.77. The third kappa shape index (κ3) is 2.96. The Morgan fingerprint density at radius 1 is 0.857 bits per heavy atom. The number of morpholine rings is 1. The van der Waals surface area contributed by atoms with Crippen LogP contribution >= 0.6 is 0 Å². The minimum absolute atomic E-state index is 0.791. The van der Waals surface area contributed by atoms with Gasteiger partial charge in [-0.2, -0.15) is 0 Å². The first kappa shape index (κ1) is 13.3. The lowest BCUT2D eigenvalue weighted by Crippen LogP contribution is -2.47. The van der Waals surface area contributed by atoms with Crippen LogP contribution in [0.15, 0.2) is 12.4 Å². The van der Waals surface area contributed by atoms with Gasteiger partial charge >= 0.3 is 0 Å². The van der Waals surface area contributed by atoms with E-state index in [9.17, 15) is 0 Å². The quantitative estimate of drug-likeness (QED) is 0.812. The maximum absolute atomic E-state index is 5.41. The molecule has 0 amide bonds. The summed E-state index contributed by atoms with van der Waals surface area (Å²) in [4.78, 5) is 16.2. The molecule has 3 fully saturated rings. The molecule has 4 rings (SSSR count). The number of aromatic nitrogens is 2. The van der Waals surface area contributed by atoms with Crippen molar-refractivity contribution < 1.29 is 4.74 Å². The summed E-state index contributed by atoms with van der Waals surface area (Å²) in [5, 5.41) is 0. The number of hydrogen-bond donors (Lipinski definition) is 0. The van der Waals surface area contributed by atoms with Gasteiger partial charge in [-0.25, -0.2) is 9.97 Å². The normalized spacial score (nSPS) is 24.4. The molecule has 1 saturated carbocycles. The molecule has 0 N–H and O–H groups in total. The fourth-order valence-electron chi connectivity index (χ4n) is 3.23. The minimum Gasteiger partial charge on any atom is -0.378 e. The molecule has 6 heteroatoms. The van der Waals surface area contributed by atoms with Crippen molar-refractivity contribution >= 4 is 11.6 Å². The Hall–Kier alpha value is -1.40. The van der Waals surface area contributed by atoms with Gasteiger partial charge < -0.3 is 14.5 Å². The molecule has 0 aromatic carbocycles. The number of rotatable bonds is 3. The minimum atomic E-state index is 0.791. The molecule has 2 saturated heterocycles. The van der Waals surface area contributed by atoms with Gasteiger partial charge in [0.05, 0.1) is 13.2 Å². The third-order valence-electron chi connectivity index (χ3n) is 4.67. The van der Waals surface area contributed by atoms with Crippen LogP contribution in [0, 0.1) is 0 Å². The van der Waals surface area contributed by atoms with E-state index >= 15 is 0 Å². The molecule has 3 heterocycles. The van der Waals surface area contributed by atoms with Crippen molar-refractivity contribution in [1.82, 2.24) is 14.9 Å². The topological polar surface area (TPSA) is 44.7 Å². The zero-order valence-electron chi connectivity index (χ0n) is 12.4. The average molecular weight is 289 g/mol. The molecule has 0 atom stereocenters.